The van der Waals surface area contributed by atoms with Gasteiger partial charge in [0.25, 0.3) is 0 Å². The second-order valence-corrected chi connectivity index (χ2v) is 7.06. The zero-order valence-electron chi connectivity index (χ0n) is 14.7. The number of carbonyl (C=O) groups excluding carboxylic acids is 1. The maximum Gasteiger partial charge on any atom is 0.222 e. The molecule has 0 saturated heterocycles. The van der Waals surface area contributed by atoms with Gasteiger partial charge < -0.3 is 9.72 Å². The molecule has 1 heterocycles. The van der Waals surface area contributed by atoms with Crippen LogP contribution in [0, 0.1) is 0 Å². The summed E-state index contributed by atoms with van der Waals surface area (Å²) in [4.78, 5) is 19.2. The van der Waals surface area contributed by atoms with Gasteiger partial charge in [-0.25, -0.2) is 4.98 Å². The summed E-state index contributed by atoms with van der Waals surface area (Å²) in [6.45, 7) is 2.95. The largest absolute Gasteiger partial charge is 0.494 e. The summed E-state index contributed by atoms with van der Waals surface area (Å²) in [5.41, 5.74) is 3.65. The highest BCUT2D eigenvalue weighted by atomic mass is 127. The predicted octanol–water partition coefficient (Wildman–Crippen LogP) is 5.89. The standard InChI is InChI=1S/C21H21IN2O2/c1-2-3-4-13-26-18-11-9-15(10-12-18)19-14-23-21(24-19)17-7-5-16(6-8-17)20(22)25/h5-12,14H,2-4,13H2,1H3,(H,23,24). The Balaban J connectivity index is 1.68. The number of aromatic amines is 1. The molecule has 4 nitrogen and oxygen atoms in total. The number of unbranched alkanes of at least 4 members (excludes halogenated alkanes) is 2. The van der Waals surface area contributed by atoms with Crippen molar-refractivity contribution in [3.05, 3.63) is 60.3 Å². The average molecular weight is 460 g/mol. The molecule has 0 aliphatic heterocycles. The second-order valence-electron chi connectivity index (χ2n) is 6.08. The van der Waals surface area contributed by atoms with Crippen molar-refractivity contribution >= 4 is 26.4 Å². The summed E-state index contributed by atoms with van der Waals surface area (Å²) in [6, 6.07) is 15.5. The monoisotopic (exact) mass is 460 g/mol. The Labute approximate surface area is 167 Å². The topological polar surface area (TPSA) is 55.0 Å². The first-order valence-corrected chi connectivity index (χ1v) is 9.83. The highest BCUT2D eigenvalue weighted by molar-refractivity contribution is 14.1. The van der Waals surface area contributed by atoms with Gasteiger partial charge >= 0.3 is 0 Å². The SMILES string of the molecule is CCCCCOc1ccc(-c2cnc(-c3ccc(C(=O)I)cc3)[nH]2)cc1. The van der Waals surface area contributed by atoms with E-state index in [9.17, 15) is 4.79 Å². The number of ether oxygens (including phenoxy) is 1. The molecule has 0 fully saturated rings. The first-order valence-electron chi connectivity index (χ1n) is 8.76. The minimum absolute atomic E-state index is 0.0336. The molecular formula is C21H21IN2O2. The van der Waals surface area contributed by atoms with Crippen LogP contribution >= 0.6 is 22.6 Å². The fourth-order valence-corrected chi connectivity index (χ4v) is 3.01. The minimum Gasteiger partial charge on any atom is -0.494 e. The Kier molecular flexibility index (Phi) is 6.44. The van der Waals surface area contributed by atoms with E-state index in [4.69, 9.17) is 4.74 Å². The third-order valence-corrected chi connectivity index (χ3v) is 4.77. The number of nitrogens with one attached hydrogen (secondary N) is 1. The summed E-state index contributed by atoms with van der Waals surface area (Å²) in [5.74, 6) is 1.68. The van der Waals surface area contributed by atoms with Crippen LogP contribution in [0.25, 0.3) is 22.6 Å². The van der Waals surface area contributed by atoms with Crippen LogP contribution in [0.15, 0.2) is 54.7 Å². The maximum absolute atomic E-state index is 11.4. The molecule has 0 saturated carbocycles. The van der Waals surface area contributed by atoms with Crippen molar-refractivity contribution in [2.45, 2.75) is 26.2 Å². The molecule has 134 valence electrons. The van der Waals surface area contributed by atoms with Crippen molar-refractivity contribution in [2.75, 3.05) is 6.61 Å². The molecule has 3 aromatic rings. The van der Waals surface area contributed by atoms with E-state index in [0.717, 1.165) is 41.4 Å². The van der Waals surface area contributed by atoms with E-state index in [-0.39, 0.29) is 3.79 Å². The Morgan fingerprint density at radius 2 is 1.73 bits per heavy atom. The molecule has 0 atom stereocenters. The number of aromatic nitrogens is 2. The lowest BCUT2D eigenvalue weighted by Gasteiger charge is -2.06. The number of imidazole rings is 1. The molecule has 26 heavy (non-hydrogen) atoms. The van der Waals surface area contributed by atoms with Gasteiger partial charge in [-0.3, -0.25) is 4.79 Å². The lowest BCUT2D eigenvalue weighted by atomic mass is 10.1. The fraction of sp³-hybridized carbons (Fsp3) is 0.238. The van der Waals surface area contributed by atoms with E-state index in [0.29, 0.717) is 5.56 Å². The van der Waals surface area contributed by atoms with Crippen molar-refractivity contribution in [3.8, 4) is 28.4 Å². The minimum atomic E-state index is 0.0336. The molecule has 0 bridgehead atoms. The number of nitrogens with zero attached hydrogens (tertiary/aromatic N) is 1. The van der Waals surface area contributed by atoms with Crippen molar-refractivity contribution in [1.82, 2.24) is 9.97 Å². The molecule has 3 rings (SSSR count). The van der Waals surface area contributed by atoms with E-state index in [1.807, 2.05) is 54.7 Å². The fourth-order valence-electron chi connectivity index (χ4n) is 2.65. The van der Waals surface area contributed by atoms with Crippen LogP contribution in [0.3, 0.4) is 0 Å². The van der Waals surface area contributed by atoms with Crippen molar-refractivity contribution < 1.29 is 9.53 Å². The number of rotatable bonds is 8. The molecule has 0 aliphatic rings. The zero-order chi connectivity index (χ0) is 18.4. The van der Waals surface area contributed by atoms with Crippen molar-refractivity contribution in [3.63, 3.8) is 0 Å². The smallest absolute Gasteiger partial charge is 0.222 e. The van der Waals surface area contributed by atoms with Crippen LogP contribution in [0.1, 0.15) is 36.5 Å². The van der Waals surface area contributed by atoms with Gasteiger partial charge in [-0.15, -0.1) is 0 Å². The molecule has 0 aliphatic carbocycles. The average Bonchev–Trinajstić information content (AvgIpc) is 3.16. The van der Waals surface area contributed by atoms with E-state index < -0.39 is 0 Å². The number of carbonyl (C=O) groups is 1. The van der Waals surface area contributed by atoms with Gasteiger partial charge in [0, 0.05) is 33.7 Å². The zero-order valence-corrected chi connectivity index (χ0v) is 16.8. The van der Waals surface area contributed by atoms with Crippen LogP contribution in [0.5, 0.6) is 5.75 Å². The number of H-pyrrole nitrogens is 1. The van der Waals surface area contributed by atoms with Gasteiger partial charge in [-0.05, 0) is 48.4 Å². The van der Waals surface area contributed by atoms with Gasteiger partial charge in [-0.2, -0.15) is 0 Å². The highest BCUT2D eigenvalue weighted by Gasteiger charge is 2.07. The van der Waals surface area contributed by atoms with Gasteiger partial charge in [0.15, 0.2) is 0 Å². The first-order chi connectivity index (χ1) is 12.7. The number of halogens is 1. The van der Waals surface area contributed by atoms with Gasteiger partial charge in [-0.1, -0.05) is 31.9 Å². The molecule has 1 N–H and O–H groups in total. The molecule has 0 amide bonds. The van der Waals surface area contributed by atoms with Gasteiger partial charge in [0.1, 0.15) is 11.6 Å². The van der Waals surface area contributed by atoms with Gasteiger partial charge in [0.05, 0.1) is 18.5 Å². The number of benzene rings is 2. The number of hydrogen-bond donors (Lipinski definition) is 1. The van der Waals surface area contributed by atoms with E-state index >= 15 is 0 Å². The molecule has 5 heteroatoms. The third kappa shape index (κ3) is 4.72. The molecule has 0 spiro atoms. The quantitative estimate of drug-likeness (QED) is 0.259. The summed E-state index contributed by atoms with van der Waals surface area (Å²) < 4.78 is 5.78. The first kappa shape index (κ1) is 18.6. The van der Waals surface area contributed by atoms with E-state index in [1.54, 1.807) is 22.6 Å². The molecule has 2 aromatic carbocycles. The summed E-state index contributed by atoms with van der Waals surface area (Å²) in [6.07, 6.45) is 5.30. The van der Waals surface area contributed by atoms with Crippen LogP contribution in [-0.4, -0.2) is 20.4 Å². The molecular weight excluding hydrogens is 439 g/mol. The van der Waals surface area contributed by atoms with Crippen molar-refractivity contribution in [2.24, 2.45) is 0 Å². The Bertz CT molecular complexity index is 854. The Hall–Kier alpha value is -2.15. The summed E-state index contributed by atoms with van der Waals surface area (Å²) >= 11 is 1.79. The normalized spacial score (nSPS) is 10.7. The lowest BCUT2D eigenvalue weighted by Crippen LogP contribution is -1.96. The van der Waals surface area contributed by atoms with Crippen LogP contribution in [-0.2, 0) is 0 Å². The van der Waals surface area contributed by atoms with E-state index in [2.05, 4.69) is 16.9 Å². The Morgan fingerprint density at radius 3 is 2.38 bits per heavy atom. The Morgan fingerprint density at radius 1 is 1.04 bits per heavy atom. The maximum atomic E-state index is 11.4. The summed E-state index contributed by atoms with van der Waals surface area (Å²) in [7, 11) is 0. The van der Waals surface area contributed by atoms with Crippen LogP contribution in [0.4, 0.5) is 0 Å². The van der Waals surface area contributed by atoms with Crippen LogP contribution < -0.4 is 4.74 Å². The predicted molar refractivity (Wildman–Crippen MR) is 113 cm³/mol. The molecule has 1 aromatic heterocycles. The van der Waals surface area contributed by atoms with Crippen LogP contribution in [0.2, 0.25) is 0 Å². The highest BCUT2D eigenvalue weighted by Crippen LogP contribution is 2.24. The van der Waals surface area contributed by atoms with E-state index in [1.165, 1.54) is 12.8 Å². The molecule has 0 unspecified atom stereocenters. The summed E-state index contributed by atoms with van der Waals surface area (Å²) in [5, 5.41) is 0. The second kappa shape index (κ2) is 8.98. The lowest BCUT2D eigenvalue weighted by molar-refractivity contribution is 0.110. The van der Waals surface area contributed by atoms with Crippen molar-refractivity contribution in [1.29, 1.82) is 0 Å². The van der Waals surface area contributed by atoms with Gasteiger partial charge in [0.2, 0.25) is 3.79 Å². The third-order valence-electron chi connectivity index (χ3n) is 4.14. The molecule has 0 radical (unpaired) electrons. The number of hydrogen-bond acceptors (Lipinski definition) is 3.